The Morgan fingerprint density at radius 3 is 1.55 bits per heavy atom. The maximum absolute atomic E-state index is 14.7. The highest BCUT2D eigenvalue weighted by Crippen LogP contribution is 2.17. The Labute approximate surface area is 471 Å². The van der Waals surface area contributed by atoms with Gasteiger partial charge in [-0.05, 0) is 68.6 Å². The van der Waals surface area contributed by atoms with Gasteiger partial charge in [0.2, 0.25) is 53.2 Å². The van der Waals surface area contributed by atoms with Gasteiger partial charge in [0, 0.05) is 6.42 Å². The SMILES string of the molecule is CCCCCCCC[C@H](O)CC(=O)N[C@@H](CC(C)C)C(=O)N[C@H](CCC(=O)O)C(=O)NC1C(=O)NC(C(C)C)C(=O)N[C@@H](CC(C)C)C(=O)N[C@H](CO)C(=O)N[C@@H](CC(C)C)C(=O)N[C@H](CO)C(=O)NC(C(C)CC)C(=O)OC1C. The average molecular weight is 1140 g/mol. The van der Waals surface area contributed by atoms with Gasteiger partial charge in [-0.2, -0.15) is 0 Å². The molecule has 1 heterocycles. The second kappa shape index (κ2) is 37.1. The maximum atomic E-state index is 14.7. The number of cyclic esters (lactones) is 1. The highest BCUT2D eigenvalue weighted by Gasteiger charge is 2.40. The van der Waals surface area contributed by atoms with Gasteiger partial charge in [0.05, 0.1) is 25.7 Å². The van der Waals surface area contributed by atoms with E-state index >= 15 is 0 Å². The molecule has 0 aromatic carbocycles. The number of hydrogen-bond donors (Lipinski definition) is 13. The summed E-state index contributed by atoms with van der Waals surface area (Å²) in [7, 11) is 0. The fourth-order valence-electron chi connectivity index (χ4n) is 8.79. The van der Waals surface area contributed by atoms with E-state index in [4.69, 9.17) is 4.74 Å². The van der Waals surface area contributed by atoms with Crippen LogP contribution in [0.1, 0.15) is 173 Å². The molecule has 25 heteroatoms. The Kier molecular flexibility index (Phi) is 33.5. The van der Waals surface area contributed by atoms with E-state index in [0.717, 1.165) is 32.1 Å². The van der Waals surface area contributed by atoms with Crippen LogP contribution in [0.15, 0.2) is 0 Å². The molecular weight excluding hydrogens is 1040 g/mol. The van der Waals surface area contributed by atoms with E-state index < -0.39 is 170 Å². The van der Waals surface area contributed by atoms with Crippen molar-refractivity contribution in [3.63, 3.8) is 0 Å². The normalized spacial score (nSPS) is 23.9. The number of nitrogens with one attached hydrogen (secondary N) is 9. The number of carbonyl (C=O) groups excluding carboxylic acids is 10. The molecule has 25 nitrogen and oxygen atoms in total. The summed E-state index contributed by atoms with van der Waals surface area (Å²) in [5.74, 6) is -13.4. The van der Waals surface area contributed by atoms with E-state index in [-0.39, 0.29) is 49.9 Å². The van der Waals surface area contributed by atoms with Crippen LogP contribution in [0.4, 0.5) is 0 Å². The average Bonchev–Trinajstić information content (AvgIpc) is 3.36. The summed E-state index contributed by atoms with van der Waals surface area (Å²) in [5, 5.41) is 63.6. The summed E-state index contributed by atoms with van der Waals surface area (Å²) >= 11 is 0. The highest BCUT2D eigenvalue weighted by molar-refractivity contribution is 5.99. The van der Waals surface area contributed by atoms with Crippen molar-refractivity contribution in [2.45, 2.75) is 240 Å². The van der Waals surface area contributed by atoms with Crippen LogP contribution in [-0.4, -0.2) is 165 Å². The molecular formula is C55H97N9O16. The molecule has 0 bridgehead atoms. The fraction of sp³-hybridized carbons (Fsp3) is 0.800. The van der Waals surface area contributed by atoms with Crippen LogP contribution in [0.3, 0.4) is 0 Å². The smallest absolute Gasteiger partial charge is 0.329 e. The number of amides is 9. The second-order valence-electron chi connectivity index (χ2n) is 22.8. The lowest BCUT2D eigenvalue weighted by molar-refractivity contribution is -0.158. The van der Waals surface area contributed by atoms with Crippen molar-refractivity contribution in [3.05, 3.63) is 0 Å². The Morgan fingerprint density at radius 1 is 0.575 bits per heavy atom. The summed E-state index contributed by atoms with van der Waals surface area (Å²) in [4.78, 5) is 152. The zero-order chi connectivity index (χ0) is 61.0. The van der Waals surface area contributed by atoms with Gasteiger partial charge in [-0.1, -0.05) is 121 Å². The molecule has 0 aromatic rings. The number of unbranched alkanes of at least 4 members (excludes halogenated alkanes) is 5. The summed E-state index contributed by atoms with van der Waals surface area (Å²) in [6.45, 7) is 18.3. The van der Waals surface area contributed by atoms with E-state index in [9.17, 15) is 73.2 Å². The van der Waals surface area contributed by atoms with Crippen LogP contribution in [0.2, 0.25) is 0 Å². The number of hydrogen-bond acceptors (Lipinski definition) is 15. The molecule has 1 aliphatic rings. The number of aliphatic hydroxyl groups excluding tert-OH is 3. The van der Waals surface area contributed by atoms with Gasteiger partial charge in [-0.15, -0.1) is 0 Å². The molecule has 458 valence electrons. The minimum atomic E-state index is -1.95. The molecule has 9 amide bonds. The minimum Gasteiger partial charge on any atom is -0.481 e. The zero-order valence-corrected chi connectivity index (χ0v) is 49.2. The summed E-state index contributed by atoms with van der Waals surface area (Å²) < 4.78 is 5.82. The second-order valence-corrected chi connectivity index (χ2v) is 22.8. The van der Waals surface area contributed by atoms with Gasteiger partial charge < -0.3 is 73.0 Å². The first kappa shape index (κ1) is 72.1. The monoisotopic (exact) mass is 1140 g/mol. The molecule has 0 aliphatic carbocycles. The standard InChI is InChI=1S/C55H97N9O16/c1-13-15-16-17-18-19-20-35(67)26-42(68)56-37(23-29(3)4)48(72)57-36(21-22-43(69)70)47(71)64-46-34(12)80-55(79)45(33(11)14-2)63-52(76)41(28-66)61-49(73)38(24-30(5)6)58-51(75)40(27-65)60-50(74)39(25-31(7)8)59-53(77)44(32(9)10)62-54(46)78/h29-41,44-46,65-67H,13-28H2,1-12H3,(H,56,68)(H,57,72)(H,58,75)(H,59,77)(H,60,74)(H,61,73)(H,62,78)(H,63,76)(H,64,71)(H,69,70)/t33?,34?,35-,36+,37-,38-,39-,40+,41+,44?,45?,46?/m0/s1. The van der Waals surface area contributed by atoms with E-state index in [0.29, 0.717) is 12.8 Å². The van der Waals surface area contributed by atoms with Crippen molar-refractivity contribution < 1.29 is 77.9 Å². The molecule has 0 spiro atoms. The number of aliphatic hydroxyl groups is 3. The molecule has 12 atom stereocenters. The molecule has 1 aliphatic heterocycles. The Hall–Kier alpha value is -5.95. The quantitative estimate of drug-likeness (QED) is 0.0374. The van der Waals surface area contributed by atoms with Crippen molar-refractivity contribution in [1.29, 1.82) is 0 Å². The third kappa shape index (κ3) is 26.5. The summed E-state index contributed by atoms with van der Waals surface area (Å²) in [6, 6.07) is -14.1. The van der Waals surface area contributed by atoms with Gasteiger partial charge in [0.1, 0.15) is 60.5 Å². The van der Waals surface area contributed by atoms with Gasteiger partial charge >= 0.3 is 11.9 Å². The largest absolute Gasteiger partial charge is 0.481 e. The van der Waals surface area contributed by atoms with E-state index in [2.05, 4.69) is 54.8 Å². The molecule has 1 saturated heterocycles. The predicted octanol–water partition coefficient (Wildman–Crippen LogP) is 0.486. The summed E-state index contributed by atoms with van der Waals surface area (Å²) in [5.41, 5.74) is 0. The van der Waals surface area contributed by atoms with Gasteiger partial charge in [0.25, 0.3) is 0 Å². The Balaban J connectivity index is 3.96. The first-order chi connectivity index (χ1) is 37.5. The number of esters is 1. The maximum Gasteiger partial charge on any atom is 0.329 e. The van der Waals surface area contributed by atoms with Crippen LogP contribution >= 0.6 is 0 Å². The van der Waals surface area contributed by atoms with Crippen LogP contribution in [0.5, 0.6) is 0 Å². The van der Waals surface area contributed by atoms with Crippen molar-refractivity contribution in [2.75, 3.05) is 13.2 Å². The summed E-state index contributed by atoms with van der Waals surface area (Å²) in [6.07, 6.45) is 2.25. The molecule has 0 aromatic heterocycles. The molecule has 13 N–H and O–H groups in total. The van der Waals surface area contributed by atoms with E-state index in [1.165, 1.54) is 6.92 Å². The van der Waals surface area contributed by atoms with Crippen LogP contribution in [0, 0.1) is 29.6 Å². The zero-order valence-electron chi connectivity index (χ0n) is 49.2. The third-order valence-corrected chi connectivity index (χ3v) is 13.6. The van der Waals surface area contributed by atoms with E-state index in [1.54, 1.807) is 69.2 Å². The first-order valence-electron chi connectivity index (χ1n) is 28.5. The number of carbonyl (C=O) groups is 11. The minimum absolute atomic E-state index is 0.00997. The number of carboxylic acids is 1. The fourth-order valence-corrected chi connectivity index (χ4v) is 8.79. The van der Waals surface area contributed by atoms with Crippen molar-refractivity contribution in [2.24, 2.45) is 29.6 Å². The first-order valence-corrected chi connectivity index (χ1v) is 28.5. The number of aliphatic carboxylic acids is 1. The van der Waals surface area contributed by atoms with E-state index in [1.807, 2.05) is 0 Å². The van der Waals surface area contributed by atoms with Crippen LogP contribution in [0.25, 0.3) is 0 Å². The van der Waals surface area contributed by atoms with Gasteiger partial charge in [-0.3, -0.25) is 47.9 Å². The predicted molar refractivity (Wildman–Crippen MR) is 295 cm³/mol. The van der Waals surface area contributed by atoms with Gasteiger partial charge in [-0.25, -0.2) is 4.79 Å². The number of ether oxygens (including phenoxy) is 1. The molecule has 5 unspecified atom stereocenters. The number of carboxylic acid groups (broad SMARTS) is 1. The topological polar surface area (TPSA) is 386 Å². The lowest BCUT2D eigenvalue weighted by Gasteiger charge is -2.32. The van der Waals surface area contributed by atoms with Crippen LogP contribution < -0.4 is 47.9 Å². The van der Waals surface area contributed by atoms with Crippen molar-refractivity contribution >= 4 is 65.1 Å². The molecule has 0 saturated carbocycles. The Morgan fingerprint density at radius 2 is 1.06 bits per heavy atom. The molecule has 1 fully saturated rings. The van der Waals surface area contributed by atoms with Crippen LogP contribution in [-0.2, 0) is 57.5 Å². The lowest BCUT2D eigenvalue weighted by Crippen LogP contribution is -2.64. The third-order valence-electron chi connectivity index (χ3n) is 13.6. The van der Waals surface area contributed by atoms with Gasteiger partial charge in [0.15, 0.2) is 0 Å². The highest BCUT2D eigenvalue weighted by atomic mass is 16.5. The van der Waals surface area contributed by atoms with Crippen molar-refractivity contribution in [1.82, 2.24) is 47.9 Å². The Bertz CT molecular complexity index is 2040. The molecule has 0 radical (unpaired) electrons. The molecule has 80 heavy (non-hydrogen) atoms. The lowest BCUT2D eigenvalue weighted by atomic mass is 9.98. The van der Waals surface area contributed by atoms with Crippen molar-refractivity contribution in [3.8, 4) is 0 Å². The molecule has 1 rings (SSSR count). The number of rotatable bonds is 28.